The highest BCUT2D eigenvalue weighted by Crippen LogP contribution is 2.23. The quantitative estimate of drug-likeness (QED) is 0.778. The first-order valence-corrected chi connectivity index (χ1v) is 7.19. The molecule has 2 amide bonds. The summed E-state index contributed by atoms with van der Waals surface area (Å²) in [5.74, 6) is 0. The molecule has 1 aromatic rings. The van der Waals surface area contributed by atoms with Gasteiger partial charge in [0.25, 0.3) is 0 Å². The van der Waals surface area contributed by atoms with Gasteiger partial charge in [-0.25, -0.2) is 4.79 Å². The predicted octanol–water partition coefficient (Wildman–Crippen LogP) is 3.23. The van der Waals surface area contributed by atoms with E-state index in [0.717, 1.165) is 24.3 Å². The Kier molecular flexibility index (Phi) is 4.98. The van der Waals surface area contributed by atoms with E-state index in [2.05, 4.69) is 27.9 Å². The van der Waals surface area contributed by atoms with E-state index in [1.165, 1.54) is 0 Å². The molecule has 0 spiro atoms. The zero-order chi connectivity index (χ0) is 15.1. The second kappa shape index (κ2) is 6.92. The molecule has 1 aliphatic rings. The summed E-state index contributed by atoms with van der Waals surface area (Å²) in [7, 11) is 0. The molecule has 0 fully saturated rings. The fourth-order valence-corrected chi connectivity index (χ4v) is 2.08. The standard InChI is InChI=1S/C16H22N4O/c1-3-18-13-4-6-14(7-5-13)20-15(21)19-12-16(2)8-10-17-11-9-16/h4-8,10-11,18H,3,9,12H2,1-2H3,(H2,19,20,21). The Balaban J connectivity index is 1.81. The molecule has 1 unspecified atom stereocenters. The van der Waals surface area contributed by atoms with Gasteiger partial charge in [-0.05, 0) is 37.6 Å². The fourth-order valence-electron chi connectivity index (χ4n) is 2.08. The molecule has 5 heteroatoms. The van der Waals surface area contributed by atoms with Gasteiger partial charge in [-0.3, -0.25) is 4.99 Å². The first kappa shape index (κ1) is 15.1. The van der Waals surface area contributed by atoms with Crippen molar-refractivity contribution in [2.45, 2.75) is 20.3 Å². The van der Waals surface area contributed by atoms with Gasteiger partial charge in [0.05, 0.1) is 0 Å². The molecule has 1 atom stereocenters. The van der Waals surface area contributed by atoms with Crippen LogP contribution in [0.5, 0.6) is 0 Å². The molecule has 0 saturated carbocycles. The Morgan fingerprint density at radius 3 is 2.62 bits per heavy atom. The van der Waals surface area contributed by atoms with E-state index in [1.807, 2.05) is 43.5 Å². The fraction of sp³-hybridized carbons (Fsp3) is 0.375. The van der Waals surface area contributed by atoms with Crippen LogP contribution < -0.4 is 16.0 Å². The summed E-state index contributed by atoms with van der Waals surface area (Å²) in [6.45, 7) is 5.60. The highest BCUT2D eigenvalue weighted by Gasteiger charge is 2.22. The third-order valence-electron chi connectivity index (χ3n) is 3.40. The Morgan fingerprint density at radius 2 is 2.00 bits per heavy atom. The topological polar surface area (TPSA) is 65.5 Å². The van der Waals surface area contributed by atoms with Crippen LogP contribution in [0.1, 0.15) is 20.3 Å². The second-order valence-electron chi connectivity index (χ2n) is 5.42. The highest BCUT2D eigenvalue weighted by atomic mass is 16.2. The van der Waals surface area contributed by atoms with Gasteiger partial charge in [0.2, 0.25) is 0 Å². The smallest absolute Gasteiger partial charge is 0.319 e. The van der Waals surface area contributed by atoms with Gasteiger partial charge in [-0.15, -0.1) is 0 Å². The molecular formula is C16H22N4O. The molecule has 1 aliphatic heterocycles. The lowest BCUT2D eigenvalue weighted by Gasteiger charge is -2.26. The molecule has 2 rings (SSSR count). The summed E-state index contributed by atoms with van der Waals surface area (Å²) in [6.07, 6.45) is 6.52. The number of carbonyl (C=O) groups is 1. The van der Waals surface area contributed by atoms with Crippen LogP contribution in [0.3, 0.4) is 0 Å². The van der Waals surface area contributed by atoms with Crippen LogP contribution in [-0.2, 0) is 0 Å². The van der Waals surface area contributed by atoms with Gasteiger partial charge in [-0.1, -0.05) is 13.0 Å². The minimum Gasteiger partial charge on any atom is -0.385 e. The summed E-state index contributed by atoms with van der Waals surface area (Å²) in [5.41, 5.74) is 1.76. The van der Waals surface area contributed by atoms with Gasteiger partial charge in [0.15, 0.2) is 0 Å². The Hall–Kier alpha value is -2.30. The first-order chi connectivity index (χ1) is 10.1. The summed E-state index contributed by atoms with van der Waals surface area (Å²) < 4.78 is 0. The van der Waals surface area contributed by atoms with E-state index in [1.54, 1.807) is 6.20 Å². The zero-order valence-corrected chi connectivity index (χ0v) is 12.5. The van der Waals surface area contributed by atoms with Crippen molar-refractivity contribution < 1.29 is 4.79 Å². The number of benzene rings is 1. The van der Waals surface area contributed by atoms with E-state index >= 15 is 0 Å². The van der Waals surface area contributed by atoms with Crippen molar-refractivity contribution in [3.63, 3.8) is 0 Å². The monoisotopic (exact) mass is 286 g/mol. The van der Waals surface area contributed by atoms with Crippen LogP contribution in [0.4, 0.5) is 16.2 Å². The molecule has 21 heavy (non-hydrogen) atoms. The number of rotatable bonds is 5. The SMILES string of the molecule is CCNc1ccc(NC(=O)NCC2(C)C=CN=CC2)cc1. The molecule has 5 nitrogen and oxygen atoms in total. The van der Waals surface area contributed by atoms with Gasteiger partial charge in [-0.2, -0.15) is 0 Å². The number of carbonyl (C=O) groups excluding carboxylic acids is 1. The lowest BCUT2D eigenvalue weighted by Crippen LogP contribution is -2.37. The summed E-state index contributed by atoms with van der Waals surface area (Å²) in [5, 5.41) is 8.95. The predicted molar refractivity (Wildman–Crippen MR) is 88.0 cm³/mol. The maximum Gasteiger partial charge on any atom is 0.319 e. The number of amides is 2. The van der Waals surface area contributed by atoms with Crippen molar-refractivity contribution in [3.8, 4) is 0 Å². The minimum atomic E-state index is -0.191. The third kappa shape index (κ3) is 4.63. The number of hydrogen-bond acceptors (Lipinski definition) is 3. The maximum absolute atomic E-state index is 11.9. The number of urea groups is 1. The normalized spacial score (nSPS) is 20.1. The zero-order valence-electron chi connectivity index (χ0n) is 12.5. The number of hydrogen-bond donors (Lipinski definition) is 3. The largest absolute Gasteiger partial charge is 0.385 e. The Bertz CT molecular complexity index is 536. The lowest BCUT2D eigenvalue weighted by molar-refractivity contribution is 0.248. The van der Waals surface area contributed by atoms with Crippen LogP contribution in [0.15, 0.2) is 41.5 Å². The first-order valence-electron chi connectivity index (χ1n) is 7.19. The van der Waals surface area contributed by atoms with E-state index in [4.69, 9.17) is 0 Å². The van der Waals surface area contributed by atoms with E-state index < -0.39 is 0 Å². The Morgan fingerprint density at radius 1 is 1.29 bits per heavy atom. The Labute approximate surface area is 125 Å². The van der Waals surface area contributed by atoms with Crippen LogP contribution >= 0.6 is 0 Å². The van der Waals surface area contributed by atoms with Gasteiger partial charge < -0.3 is 16.0 Å². The van der Waals surface area contributed by atoms with E-state index in [9.17, 15) is 4.79 Å². The van der Waals surface area contributed by atoms with Gasteiger partial charge >= 0.3 is 6.03 Å². The molecule has 3 N–H and O–H groups in total. The van der Waals surface area contributed by atoms with Crippen molar-refractivity contribution >= 4 is 23.6 Å². The number of aliphatic imine (C=N–C) groups is 1. The van der Waals surface area contributed by atoms with Crippen LogP contribution in [0.25, 0.3) is 0 Å². The molecule has 1 aromatic carbocycles. The third-order valence-corrected chi connectivity index (χ3v) is 3.40. The molecule has 0 saturated heterocycles. The maximum atomic E-state index is 11.9. The molecular weight excluding hydrogens is 264 g/mol. The number of anilines is 2. The average Bonchev–Trinajstić information content (AvgIpc) is 2.49. The van der Waals surface area contributed by atoms with E-state index in [-0.39, 0.29) is 11.4 Å². The molecule has 112 valence electrons. The molecule has 0 aliphatic carbocycles. The number of nitrogens with one attached hydrogen (secondary N) is 3. The van der Waals surface area contributed by atoms with Gasteiger partial charge in [0, 0.05) is 42.3 Å². The van der Waals surface area contributed by atoms with E-state index in [0.29, 0.717) is 6.54 Å². The van der Waals surface area contributed by atoms with Crippen molar-refractivity contribution in [1.29, 1.82) is 0 Å². The van der Waals surface area contributed by atoms with Crippen LogP contribution in [0, 0.1) is 5.41 Å². The summed E-state index contributed by atoms with van der Waals surface area (Å²) in [4.78, 5) is 16.0. The van der Waals surface area contributed by atoms with Crippen molar-refractivity contribution in [3.05, 3.63) is 36.5 Å². The molecule has 1 heterocycles. The molecule has 0 bridgehead atoms. The molecule has 0 radical (unpaired) electrons. The average molecular weight is 286 g/mol. The van der Waals surface area contributed by atoms with Crippen molar-refractivity contribution in [2.24, 2.45) is 10.4 Å². The lowest BCUT2D eigenvalue weighted by atomic mass is 9.86. The number of nitrogens with zero attached hydrogens (tertiary/aromatic N) is 1. The van der Waals surface area contributed by atoms with Crippen molar-refractivity contribution in [2.75, 3.05) is 23.7 Å². The highest BCUT2D eigenvalue weighted by molar-refractivity contribution is 5.89. The van der Waals surface area contributed by atoms with Crippen molar-refractivity contribution in [1.82, 2.24) is 5.32 Å². The summed E-state index contributed by atoms with van der Waals surface area (Å²) in [6, 6.07) is 7.46. The molecule has 0 aromatic heterocycles. The second-order valence-corrected chi connectivity index (χ2v) is 5.42. The summed E-state index contributed by atoms with van der Waals surface area (Å²) >= 11 is 0. The van der Waals surface area contributed by atoms with Crippen LogP contribution in [0.2, 0.25) is 0 Å². The van der Waals surface area contributed by atoms with Crippen LogP contribution in [-0.4, -0.2) is 25.3 Å². The van der Waals surface area contributed by atoms with Gasteiger partial charge in [0.1, 0.15) is 0 Å². The minimum absolute atomic E-state index is 0.0615.